The normalized spacial score (nSPS) is 24.8. The molecule has 0 bridgehead atoms. The minimum absolute atomic E-state index is 0.00766. The van der Waals surface area contributed by atoms with Crippen molar-refractivity contribution >= 4 is 22.8 Å². The first-order valence-corrected chi connectivity index (χ1v) is 9.93. The number of nitrogens with zero attached hydrogens (tertiary/aromatic N) is 3. The molecule has 1 saturated carbocycles. The van der Waals surface area contributed by atoms with Crippen LogP contribution < -0.4 is 16.1 Å². The van der Waals surface area contributed by atoms with E-state index in [0.29, 0.717) is 18.8 Å². The van der Waals surface area contributed by atoms with Gasteiger partial charge in [-0.1, -0.05) is 6.92 Å². The lowest BCUT2D eigenvalue weighted by Gasteiger charge is -2.46. The smallest absolute Gasteiger partial charge is 0.341 e. The lowest BCUT2D eigenvalue weighted by Crippen LogP contribution is -2.53. The first kappa shape index (κ1) is 19.6. The second kappa shape index (κ2) is 6.58. The first-order valence-electron chi connectivity index (χ1n) is 9.93. The number of carboxylic acid groups (broad SMARTS) is 1. The van der Waals surface area contributed by atoms with Gasteiger partial charge >= 0.3 is 5.97 Å². The number of hydrogen-bond donors (Lipinski definition) is 2. The zero-order valence-electron chi connectivity index (χ0n) is 16.7. The minimum Gasteiger partial charge on any atom is -0.477 e. The van der Waals surface area contributed by atoms with Crippen molar-refractivity contribution in [2.75, 3.05) is 18.0 Å². The molecule has 5 rings (SSSR count). The zero-order chi connectivity index (χ0) is 22.1. The van der Waals surface area contributed by atoms with Crippen LogP contribution in [0.2, 0.25) is 0 Å². The number of hydrogen-bond acceptors (Lipinski definition) is 5. The van der Waals surface area contributed by atoms with Gasteiger partial charge in [0.1, 0.15) is 11.4 Å². The van der Waals surface area contributed by atoms with Gasteiger partial charge < -0.3 is 20.3 Å². The molecule has 7 nitrogen and oxygen atoms in total. The van der Waals surface area contributed by atoms with E-state index in [9.17, 15) is 19.1 Å². The van der Waals surface area contributed by atoms with Gasteiger partial charge in [0.25, 0.3) is 0 Å². The van der Waals surface area contributed by atoms with Crippen LogP contribution >= 0.6 is 0 Å². The molecule has 31 heavy (non-hydrogen) atoms. The number of halogens is 2. The number of pyridine rings is 2. The number of carboxylic acids is 1. The highest BCUT2D eigenvalue weighted by molar-refractivity contribution is 5.92. The monoisotopic (exact) mass is 426 g/mol. The number of anilines is 1. The van der Waals surface area contributed by atoms with Crippen molar-refractivity contribution in [3.8, 4) is 5.69 Å². The van der Waals surface area contributed by atoms with Crippen LogP contribution in [0.15, 0.2) is 41.3 Å². The van der Waals surface area contributed by atoms with Crippen LogP contribution in [-0.2, 0) is 0 Å². The Morgan fingerprint density at radius 2 is 2.00 bits per heavy atom. The van der Waals surface area contributed by atoms with Gasteiger partial charge in [-0.2, -0.15) is 0 Å². The molecule has 0 unspecified atom stereocenters. The third-order valence-electron chi connectivity index (χ3n) is 6.63. The molecular formula is C22H20F2N4O3. The molecule has 0 amide bonds. The third-order valence-corrected chi connectivity index (χ3v) is 6.63. The summed E-state index contributed by atoms with van der Waals surface area (Å²) >= 11 is 0. The van der Waals surface area contributed by atoms with Crippen molar-refractivity contribution in [3.05, 3.63) is 63.9 Å². The average Bonchev–Trinajstić information content (AvgIpc) is 2.99. The predicted octanol–water partition coefficient (Wildman–Crippen LogP) is 2.54. The second-order valence-electron chi connectivity index (χ2n) is 8.70. The van der Waals surface area contributed by atoms with Gasteiger partial charge in [0, 0.05) is 31.0 Å². The Hall–Kier alpha value is -3.33. The fraction of sp³-hybridized carbons (Fsp3) is 0.318. The standard InChI is InChI=1S/C22H20F2N4O3/c1-22-7-17(25)15(22)9-27(10-22)20-16(24)6-13-18(29)14(21(30)31)8-28(19(13)26-20)12-4-2-11(23)3-5-12/h2-6,8,15,17H,7,9-10,25H2,1H3,(H,30,31)/t15-,17-,22+/m0/s1. The molecule has 3 N–H and O–H groups in total. The van der Waals surface area contributed by atoms with Gasteiger partial charge in [-0.05, 0) is 48.1 Å². The summed E-state index contributed by atoms with van der Waals surface area (Å²) in [5, 5.41) is 9.29. The summed E-state index contributed by atoms with van der Waals surface area (Å²) in [5.74, 6) is -2.28. The molecule has 2 aliphatic rings. The average molecular weight is 426 g/mol. The Bertz CT molecular complexity index is 1290. The van der Waals surface area contributed by atoms with Crippen molar-refractivity contribution in [1.29, 1.82) is 0 Å². The first-order chi connectivity index (χ1) is 14.7. The summed E-state index contributed by atoms with van der Waals surface area (Å²) in [5.41, 5.74) is 5.27. The Morgan fingerprint density at radius 3 is 2.61 bits per heavy atom. The van der Waals surface area contributed by atoms with E-state index < -0.39 is 28.6 Å². The topological polar surface area (TPSA) is 101 Å². The van der Waals surface area contributed by atoms with Crippen molar-refractivity contribution in [3.63, 3.8) is 0 Å². The summed E-state index contributed by atoms with van der Waals surface area (Å²) < 4.78 is 29.9. The minimum atomic E-state index is -1.44. The summed E-state index contributed by atoms with van der Waals surface area (Å²) in [6.45, 7) is 3.27. The number of nitrogens with two attached hydrogens (primary N) is 1. The van der Waals surface area contributed by atoms with Crippen molar-refractivity contribution in [2.24, 2.45) is 17.1 Å². The van der Waals surface area contributed by atoms with Crippen LogP contribution in [0.3, 0.4) is 0 Å². The predicted molar refractivity (Wildman–Crippen MR) is 111 cm³/mol. The summed E-state index contributed by atoms with van der Waals surface area (Å²) in [4.78, 5) is 30.6. The number of rotatable bonds is 3. The SMILES string of the molecule is C[C@]12C[C@H](N)[C@@H]1CN(c1nc3c(cc1F)c(=O)c(C(=O)O)cn3-c1ccc(F)cc1)C2. The van der Waals surface area contributed by atoms with Crippen LogP contribution in [0.1, 0.15) is 23.7 Å². The molecule has 1 saturated heterocycles. The highest BCUT2D eigenvalue weighted by atomic mass is 19.1. The third kappa shape index (κ3) is 2.91. The maximum atomic E-state index is 15.1. The number of aromatic carboxylic acids is 1. The van der Waals surface area contributed by atoms with Gasteiger partial charge in [0.15, 0.2) is 17.3 Å². The number of benzene rings is 1. The molecule has 160 valence electrons. The highest BCUT2D eigenvalue weighted by Crippen LogP contribution is 2.51. The molecule has 9 heteroatoms. The fourth-order valence-electron chi connectivity index (χ4n) is 5.01. The van der Waals surface area contributed by atoms with Gasteiger partial charge in [-0.3, -0.25) is 4.79 Å². The molecular weight excluding hydrogens is 406 g/mol. The van der Waals surface area contributed by atoms with E-state index in [0.717, 1.165) is 18.7 Å². The molecule has 1 aromatic carbocycles. The molecule has 3 atom stereocenters. The lowest BCUT2D eigenvalue weighted by molar-refractivity contribution is 0.0695. The molecule has 3 aromatic rings. The Kier molecular flexibility index (Phi) is 4.17. The lowest BCUT2D eigenvalue weighted by atomic mass is 9.60. The Balaban J connectivity index is 1.72. The van der Waals surface area contributed by atoms with Gasteiger partial charge in [0.05, 0.1) is 5.39 Å². The van der Waals surface area contributed by atoms with Gasteiger partial charge in [0.2, 0.25) is 5.43 Å². The van der Waals surface area contributed by atoms with Crippen LogP contribution in [0.25, 0.3) is 16.7 Å². The van der Waals surface area contributed by atoms with Crippen molar-refractivity contribution in [1.82, 2.24) is 9.55 Å². The van der Waals surface area contributed by atoms with Crippen LogP contribution in [0.4, 0.5) is 14.6 Å². The number of carbonyl (C=O) groups is 1. The molecule has 2 aromatic heterocycles. The van der Waals surface area contributed by atoms with Gasteiger partial charge in [-0.15, -0.1) is 0 Å². The highest BCUT2D eigenvalue weighted by Gasteiger charge is 2.55. The quantitative estimate of drug-likeness (QED) is 0.668. The largest absolute Gasteiger partial charge is 0.477 e. The fourth-order valence-corrected chi connectivity index (χ4v) is 5.01. The van der Waals surface area contributed by atoms with Crippen LogP contribution in [0, 0.1) is 23.0 Å². The zero-order valence-corrected chi connectivity index (χ0v) is 16.7. The van der Waals surface area contributed by atoms with Crippen molar-refractivity contribution < 1.29 is 18.7 Å². The molecule has 1 aliphatic carbocycles. The molecule has 1 aliphatic heterocycles. The summed E-state index contributed by atoms with van der Waals surface area (Å²) in [7, 11) is 0. The number of fused-ring (bicyclic) bond motifs is 2. The Morgan fingerprint density at radius 1 is 1.29 bits per heavy atom. The molecule has 2 fully saturated rings. The number of aromatic nitrogens is 2. The maximum absolute atomic E-state index is 15.1. The van der Waals surface area contributed by atoms with E-state index in [-0.39, 0.29) is 34.2 Å². The van der Waals surface area contributed by atoms with E-state index in [1.165, 1.54) is 28.8 Å². The van der Waals surface area contributed by atoms with E-state index in [2.05, 4.69) is 11.9 Å². The van der Waals surface area contributed by atoms with E-state index in [4.69, 9.17) is 5.73 Å². The molecule has 3 heterocycles. The summed E-state index contributed by atoms with van der Waals surface area (Å²) in [6.07, 6.45) is 1.99. The van der Waals surface area contributed by atoms with E-state index >= 15 is 4.39 Å². The van der Waals surface area contributed by atoms with Crippen molar-refractivity contribution in [2.45, 2.75) is 19.4 Å². The van der Waals surface area contributed by atoms with Crippen LogP contribution in [0.5, 0.6) is 0 Å². The Labute approximate surface area is 175 Å². The molecule has 0 radical (unpaired) electrons. The van der Waals surface area contributed by atoms with E-state index in [1.807, 2.05) is 4.90 Å². The summed E-state index contributed by atoms with van der Waals surface area (Å²) in [6, 6.07) is 6.40. The van der Waals surface area contributed by atoms with E-state index in [1.54, 1.807) is 0 Å². The van der Waals surface area contributed by atoms with Crippen LogP contribution in [-0.4, -0.2) is 39.8 Å². The maximum Gasteiger partial charge on any atom is 0.341 e. The molecule has 0 spiro atoms. The second-order valence-corrected chi connectivity index (χ2v) is 8.70. The van der Waals surface area contributed by atoms with Gasteiger partial charge in [-0.25, -0.2) is 18.6 Å².